The van der Waals surface area contributed by atoms with Gasteiger partial charge in [0.05, 0.1) is 5.56 Å². The summed E-state index contributed by atoms with van der Waals surface area (Å²) >= 11 is 0. The topological polar surface area (TPSA) is 52.6 Å². The normalized spacial score (nSPS) is 11.0. The number of ether oxygens (including phenoxy) is 2. The molecule has 24 heavy (non-hydrogen) atoms. The van der Waals surface area contributed by atoms with E-state index in [-0.39, 0.29) is 5.78 Å². The van der Waals surface area contributed by atoms with E-state index in [1.54, 1.807) is 0 Å². The maximum Gasteiger partial charge on any atom is 0.419 e. The summed E-state index contributed by atoms with van der Waals surface area (Å²) in [6.07, 6.45) is -4.62. The maximum absolute atomic E-state index is 12.8. The van der Waals surface area contributed by atoms with E-state index in [0.717, 1.165) is 12.1 Å². The second-order valence-corrected chi connectivity index (χ2v) is 4.84. The maximum atomic E-state index is 12.8. The molecule has 0 aliphatic rings. The van der Waals surface area contributed by atoms with E-state index in [0.29, 0.717) is 11.3 Å². The Balaban J connectivity index is 1.98. The molecular weight excluding hydrogens is 325 g/mol. The van der Waals surface area contributed by atoms with Gasteiger partial charge in [-0.05, 0) is 43.3 Å². The SMILES string of the molecule is CC(=O)c1ccc(OCC(=O)Oc2ccccc2C(F)(F)F)cc1. The number of esters is 1. The molecule has 4 nitrogen and oxygen atoms in total. The zero-order valence-corrected chi connectivity index (χ0v) is 12.6. The van der Waals surface area contributed by atoms with Gasteiger partial charge in [0.2, 0.25) is 0 Å². The van der Waals surface area contributed by atoms with Gasteiger partial charge < -0.3 is 9.47 Å². The summed E-state index contributed by atoms with van der Waals surface area (Å²) in [5.41, 5.74) is -0.562. The summed E-state index contributed by atoms with van der Waals surface area (Å²) in [6, 6.07) is 10.4. The summed E-state index contributed by atoms with van der Waals surface area (Å²) in [7, 11) is 0. The quantitative estimate of drug-likeness (QED) is 0.471. The number of halogens is 3. The molecule has 126 valence electrons. The molecule has 7 heteroatoms. The van der Waals surface area contributed by atoms with Gasteiger partial charge in [-0.25, -0.2) is 4.79 Å². The minimum absolute atomic E-state index is 0.121. The summed E-state index contributed by atoms with van der Waals surface area (Å²) in [6.45, 7) is 0.844. The molecule has 0 fully saturated rings. The summed E-state index contributed by atoms with van der Waals surface area (Å²) in [4.78, 5) is 22.8. The monoisotopic (exact) mass is 338 g/mol. The Kier molecular flexibility index (Phi) is 5.23. The van der Waals surface area contributed by atoms with Crippen molar-refractivity contribution in [2.24, 2.45) is 0 Å². The van der Waals surface area contributed by atoms with Crippen LogP contribution in [-0.4, -0.2) is 18.4 Å². The van der Waals surface area contributed by atoms with Crippen molar-refractivity contribution in [1.29, 1.82) is 0 Å². The lowest BCUT2D eigenvalue weighted by atomic mass is 10.1. The minimum Gasteiger partial charge on any atom is -0.482 e. The number of alkyl halides is 3. The standard InChI is InChI=1S/C17H13F3O4/c1-11(21)12-6-8-13(9-7-12)23-10-16(22)24-15-5-3-2-4-14(15)17(18,19)20/h2-9H,10H2,1H3. The van der Waals surface area contributed by atoms with Crippen LogP contribution in [0.3, 0.4) is 0 Å². The van der Waals surface area contributed by atoms with Gasteiger partial charge >= 0.3 is 12.1 Å². The van der Waals surface area contributed by atoms with Crippen LogP contribution in [0, 0.1) is 0 Å². The van der Waals surface area contributed by atoms with Crippen LogP contribution in [0.25, 0.3) is 0 Å². The molecule has 0 unspecified atom stereocenters. The Morgan fingerprint density at radius 2 is 1.62 bits per heavy atom. The molecule has 0 atom stereocenters. The van der Waals surface area contributed by atoms with Gasteiger partial charge in [0.1, 0.15) is 11.5 Å². The molecule has 2 rings (SSSR count). The van der Waals surface area contributed by atoms with E-state index in [4.69, 9.17) is 9.47 Å². The van der Waals surface area contributed by atoms with Gasteiger partial charge in [-0.3, -0.25) is 4.79 Å². The Bertz CT molecular complexity index is 736. The predicted octanol–water partition coefficient (Wildman–Crippen LogP) is 3.89. The number of carbonyl (C=O) groups is 2. The molecule has 0 saturated carbocycles. The second kappa shape index (κ2) is 7.16. The van der Waals surface area contributed by atoms with Gasteiger partial charge in [-0.2, -0.15) is 13.2 Å². The van der Waals surface area contributed by atoms with Gasteiger partial charge in [0.15, 0.2) is 12.4 Å². The fourth-order valence-electron chi connectivity index (χ4n) is 1.87. The number of hydrogen-bond acceptors (Lipinski definition) is 4. The highest BCUT2D eigenvalue weighted by Crippen LogP contribution is 2.35. The summed E-state index contributed by atoms with van der Waals surface area (Å²) < 4.78 is 48.3. The van der Waals surface area contributed by atoms with Gasteiger partial charge in [0.25, 0.3) is 0 Å². The molecule has 0 spiro atoms. The third-order valence-corrected chi connectivity index (χ3v) is 3.03. The largest absolute Gasteiger partial charge is 0.482 e. The van der Waals surface area contributed by atoms with E-state index < -0.39 is 30.1 Å². The van der Waals surface area contributed by atoms with Gasteiger partial charge in [-0.15, -0.1) is 0 Å². The van der Waals surface area contributed by atoms with Crippen LogP contribution in [0.2, 0.25) is 0 Å². The number of Topliss-reactive ketones (excluding diaryl/α,β-unsaturated/α-hetero) is 1. The minimum atomic E-state index is -4.62. The summed E-state index contributed by atoms with van der Waals surface area (Å²) in [5, 5.41) is 0. The van der Waals surface area contributed by atoms with Crippen molar-refractivity contribution in [1.82, 2.24) is 0 Å². The van der Waals surface area contributed by atoms with Crippen LogP contribution in [-0.2, 0) is 11.0 Å². The molecule has 0 amide bonds. The predicted molar refractivity (Wildman–Crippen MR) is 79.0 cm³/mol. The van der Waals surface area contributed by atoms with Crippen molar-refractivity contribution >= 4 is 11.8 Å². The highest BCUT2D eigenvalue weighted by molar-refractivity contribution is 5.94. The lowest BCUT2D eigenvalue weighted by molar-refractivity contribution is -0.143. The second-order valence-electron chi connectivity index (χ2n) is 4.84. The van der Waals surface area contributed by atoms with E-state index >= 15 is 0 Å². The van der Waals surface area contributed by atoms with Gasteiger partial charge in [0, 0.05) is 5.56 Å². The number of benzene rings is 2. The lowest BCUT2D eigenvalue weighted by Gasteiger charge is -2.12. The molecule has 2 aromatic carbocycles. The van der Waals surface area contributed by atoms with E-state index in [9.17, 15) is 22.8 Å². The number of para-hydroxylation sites is 1. The first-order chi connectivity index (χ1) is 11.3. The highest BCUT2D eigenvalue weighted by Gasteiger charge is 2.34. The first-order valence-electron chi connectivity index (χ1n) is 6.88. The molecule has 0 bridgehead atoms. The molecule has 0 radical (unpaired) electrons. The van der Waals surface area contributed by atoms with E-state index in [1.807, 2.05) is 0 Å². The zero-order chi connectivity index (χ0) is 17.7. The van der Waals surface area contributed by atoms with E-state index in [2.05, 4.69) is 0 Å². The van der Waals surface area contributed by atoms with Crippen LogP contribution in [0.1, 0.15) is 22.8 Å². The Morgan fingerprint density at radius 3 is 2.21 bits per heavy atom. The fourth-order valence-corrected chi connectivity index (χ4v) is 1.87. The molecular formula is C17H13F3O4. The molecule has 0 aliphatic carbocycles. The van der Waals surface area contributed by atoms with Crippen molar-refractivity contribution in [2.45, 2.75) is 13.1 Å². The molecule has 0 N–H and O–H groups in total. The average Bonchev–Trinajstić information content (AvgIpc) is 2.53. The van der Waals surface area contributed by atoms with Crippen LogP contribution >= 0.6 is 0 Å². The first-order valence-corrected chi connectivity index (χ1v) is 6.88. The number of ketones is 1. The van der Waals surface area contributed by atoms with Crippen molar-refractivity contribution in [3.05, 3.63) is 59.7 Å². The lowest BCUT2D eigenvalue weighted by Crippen LogP contribution is -2.19. The number of hydrogen-bond donors (Lipinski definition) is 0. The van der Waals surface area contributed by atoms with Crippen LogP contribution in [0.4, 0.5) is 13.2 Å². The number of rotatable bonds is 5. The van der Waals surface area contributed by atoms with Crippen LogP contribution < -0.4 is 9.47 Å². The van der Waals surface area contributed by atoms with Gasteiger partial charge in [-0.1, -0.05) is 12.1 Å². The highest BCUT2D eigenvalue weighted by atomic mass is 19.4. The zero-order valence-electron chi connectivity index (χ0n) is 12.6. The average molecular weight is 338 g/mol. The van der Waals surface area contributed by atoms with Crippen molar-refractivity contribution in [2.75, 3.05) is 6.61 Å². The van der Waals surface area contributed by atoms with Crippen molar-refractivity contribution < 1.29 is 32.2 Å². The first kappa shape index (κ1) is 17.5. The van der Waals surface area contributed by atoms with Crippen molar-refractivity contribution in [3.8, 4) is 11.5 Å². The van der Waals surface area contributed by atoms with Crippen LogP contribution in [0.15, 0.2) is 48.5 Å². The molecule has 2 aromatic rings. The Labute approximate surface area is 135 Å². The number of carbonyl (C=O) groups excluding carboxylic acids is 2. The summed E-state index contributed by atoms with van der Waals surface area (Å²) in [5.74, 6) is -1.38. The smallest absolute Gasteiger partial charge is 0.419 e. The molecule has 0 saturated heterocycles. The molecule has 0 aromatic heterocycles. The van der Waals surface area contributed by atoms with Crippen molar-refractivity contribution in [3.63, 3.8) is 0 Å². The fraction of sp³-hybridized carbons (Fsp3) is 0.176. The third kappa shape index (κ3) is 4.58. The molecule has 0 aliphatic heterocycles. The third-order valence-electron chi connectivity index (χ3n) is 3.03. The van der Waals surface area contributed by atoms with E-state index in [1.165, 1.54) is 43.3 Å². The Morgan fingerprint density at radius 1 is 1.00 bits per heavy atom. The molecule has 0 heterocycles. The van der Waals surface area contributed by atoms with Crippen LogP contribution in [0.5, 0.6) is 11.5 Å². The Hall–Kier alpha value is -2.83.